The first-order chi connectivity index (χ1) is 26.8. The van der Waals surface area contributed by atoms with Gasteiger partial charge in [0.25, 0.3) is 5.56 Å². The largest absolute Gasteiger partial charge is 0.472 e. The van der Waals surface area contributed by atoms with Crippen molar-refractivity contribution in [1.82, 2.24) is 28.7 Å². The highest BCUT2D eigenvalue weighted by Crippen LogP contribution is 2.52. The molecule has 6 rings (SSSR count). The van der Waals surface area contributed by atoms with Crippen molar-refractivity contribution in [2.24, 2.45) is 0 Å². The molecule has 0 radical (unpaired) electrons. The van der Waals surface area contributed by atoms with Crippen molar-refractivity contribution in [1.29, 1.82) is 0 Å². The molecule has 0 aliphatic carbocycles. The summed E-state index contributed by atoms with van der Waals surface area (Å²) in [5.41, 5.74) is 7.15. The monoisotopic (exact) mass is 854 g/mol. The van der Waals surface area contributed by atoms with Crippen LogP contribution in [-0.2, 0) is 41.4 Å². The zero-order valence-electron chi connectivity index (χ0n) is 28.7. The summed E-state index contributed by atoms with van der Waals surface area (Å²) in [5.74, 6) is -0.372. The molecule has 0 spiro atoms. The van der Waals surface area contributed by atoms with Crippen molar-refractivity contribution in [2.45, 2.75) is 73.6 Å². The van der Waals surface area contributed by atoms with Gasteiger partial charge >= 0.3 is 32.7 Å². The van der Waals surface area contributed by atoms with Crippen molar-refractivity contribution >= 4 is 27.3 Å². The number of hydrogen-bond acceptors (Lipinski definition) is 22. The topological polar surface area (TPSA) is 417 Å². The van der Waals surface area contributed by atoms with Crippen LogP contribution < -0.4 is 34.1 Å². The average Bonchev–Trinajstić information content (AvgIpc) is 3.71. The molecule has 3 aliphatic heterocycles. The van der Waals surface area contributed by atoms with E-state index < -0.39 is 132 Å². The van der Waals surface area contributed by atoms with Gasteiger partial charge in [-0.1, -0.05) is 0 Å². The fourth-order valence-electron chi connectivity index (χ4n) is 6.11. The zero-order chi connectivity index (χ0) is 41.6. The highest BCUT2D eigenvalue weighted by molar-refractivity contribution is 7.47. The maximum Gasteiger partial charge on any atom is 0.472 e. The second-order valence-electron chi connectivity index (χ2n) is 12.6. The molecule has 0 saturated carbocycles. The number of phosphoric ester groups is 2. The van der Waals surface area contributed by atoms with Crippen molar-refractivity contribution in [3.05, 3.63) is 78.6 Å². The number of aromatic amines is 1. The number of nitrogens with zero attached hydrogens (tertiary/aromatic N) is 5. The molecular weight excluding hydrogens is 818 g/mol. The lowest BCUT2D eigenvalue weighted by atomic mass is 10.1. The summed E-state index contributed by atoms with van der Waals surface area (Å²) in [6, 6.07) is 3.26. The molecule has 3 aliphatic rings. The summed E-state index contributed by atoms with van der Waals surface area (Å²) in [5, 5.41) is 52.9. The molecule has 28 nitrogen and oxygen atoms in total. The molecule has 2 unspecified atom stereocenters. The number of ether oxygens (including phenoxy) is 3. The van der Waals surface area contributed by atoms with Crippen molar-refractivity contribution in [3.63, 3.8) is 0 Å². The zero-order valence-corrected chi connectivity index (χ0v) is 30.5. The van der Waals surface area contributed by atoms with E-state index in [1.54, 1.807) is 0 Å². The Labute approximate surface area is 316 Å². The number of anilines is 2. The maximum absolute atomic E-state index is 13.2. The van der Waals surface area contributed by atoms with Crippen LogP contribution >= 0.6 is 15.6 Å². The Morgan fingerprint density at radius 1 is 0.667 bits per heavy atom. The molecule has 57 heavy (non-hydrogen) atoms. The molecular formula is C27H36N8O20P2. The van der Waals surface area contributed by atoms with Gasteiger partial charge in [0.1, 0.15) is 66.6 Å². The molecule has 314 valence electrons. The Hall–Kier alpha value is -4.06. The van der Waals surface area contributed by atoms with Gasteiger partial charge in [-0.3, -0.25) is 41.6 Å². The smallest absolute Gasteiger partial charge is 0.394 e. The van der Waals surface area contributed by atoms with Crippen LogP contribution in [0.3, 0.4) is 0 Å². The predicted octanol–water partition coefficient (Wildman–Crippen LogP) is -5.65. The standard InChI is InChI=1S/C27H36N8O20P2/c28-13-1-4-33(25(42)30-13)22-17(39)16(38)11(52-22)8-49-56(45,46)55-21-12(53-24(19(21)41)34-5-2-14(29)31-26(34)43)9-50-57(47,48)54-20-10(7-36)51-23(18(20)40)35-6-3-15(37)32-27(35)44/h1-6,10-12,16-24,36,38-41H,7-9H2,(H,45,46)(H,47,48)(H2,28,30,42)(H2,29,31,43)(H,32,37,44)/t10-,11-,12-,16-,17-,18-,19-,20-,21-,22-,23-,24-/m1/s1. The highest BCUT2D eigenvalue weighted by Gasteiger charge is 2.53. The van der Waals surface area contributed by atoms with Crippen LogP contribution in [0.4, 0.5) is 11.6 Å². The Morgan fingerprint density at radius 3 is 1.61 bits per heavy atom. The molecule has 0 bridgehead atoms. The van der Waals surface area contributed by atoms with Gasteiger partial charge < -0.3 is 61.0 Å². The van der Waals surface area contributed by atoms with Crippen molar-refractivity contribution in [3.8, 4) is 0 Å². The Balaban J connectivity index is 1.16. The number of nitrogens with one attached hydrogen (secondary N) is 1. The minimum atomic E-state index is -5.39. The third-order valence-corrected chi connectivity index (χ3v) is 10.8. The van der Waals surface area contributed by atoms with Crippen molar-refractivity contribution < 1.29 is 76.8 Å². The first-order valence-electron chi connectivity index (χ1n) is 16.4. The van der Waals surface area contributed by atoms with Gasteiger partial charge in [0.05, 0.1) is 19.8 Å². The lowest BCUT2D eigenvalue weighted by Gasteiger charge is -2.25. The minimum Gasteiger partial charge on any atom is -0.394 e. The number of aliphatic hydroxyl groups is 5. The van der Waals surface area contributed by atoms with Gasteiger partial charge in [0.15, 0.2) is 18.7 Å². The molecule has 14 atom stereocenters. The molecule has 0 aromatic carbocycles. The van der Waals surface area contributed by atoms with E-state index in [0.717, 1.165) is 39.9 Å². The number of aromatic nitrogens is 6. The molecule has 12 N–H and O–H groups in total. The van der Waals surface area contributed by atoms with E-state index in [1.165, 1.54) is 6.07 Å². The van der Waals surface area contributed by atoms with Crippen LogP contribution in [0.25, 0.3) is 0 Å². The molecule has 30 heteroatoms. The molecule has 6 heterocycles. The third kappa shape index (κ3) is 9.16. The van der Waals surface area contributed by atoms with Crippen molar-refractivity contribution in [2.75, 3.05) is 31.3 Å². The van der Waals surface area contributed by atoms with Crippen LogP contribution in [0.15, 0.2) is 56.0 Å². The number of nitrogens with two attached hydrogens (primary N) is 2. The first-order valence-corrected chi connectivity index (χ1v) is 19.4. The average molecular weight is 855 g/mol. The number of phosphoric acid groups is 2. The summed E-state index contributed by atoms with van der Waals surface area (Å²) < 4.78 is 65.3. The first kappa shape index (κ1) is 42.5. The summed E-state index contributed by atoms with van der Waals surface area (Å²) in [7, 11) is -10.8. The molecule has 0 amide bonds. The highest BCUT2D eigenvalue weighted by atomic mass is 31.2. The number of aliphatic hydroxyl groups excluding tert-OH is 5. The molecule has 3 aromatic rings. The Kier molecular flexibility index (Phi) is 12.4. The molecule has 3 aromatic heterocycles. The van der Waals surface area contributed by atoms with Gasteiger partial charge in [-0.2, -0.15) is 9.97 Å². The number of H-pyrrole nitrogens is 1. The van der Waals surface area contributed by atoms with Crippen LogP contribution in [0, 0.1) is 0 Å². The van der Waals surface area contributed by atoms with E-state index in [9.17, 15) is 63.6 Å². The summed E-state index contributed by atoms with van der Waals surface area (Å²) in [4.78, 5) is 78.8. The summed E-state index contributed by atoms with van der Waals surface area (Å²) in [6.07, 6.45) is -18.2. The quantitative estimate of drug-likeness (QED) is 0.0676. The molecule has 3 saturated heterocycles. The third-order valence-electron chi connectivity index (χ3n) is 8.83. The van der Waals surface area contributed by atoms with E-state index >= 15 is 0 Å². The second kappa shape index (κ2) is 16.7. The Bertz CT molecular complexity index is 2270. The van der Waals surface area contributed by atoms with E-state index in [1.807, 2.05) is 4.98 Å². The Morgan fingerprint density at radius 2 is 1.11 bits per heavy atom. The second-order valence-corrected chi connectivity index (χ2v) is 15.4. The minimum absolute atomic E-state index is 0.146. The summed E-state index contributed by atoms with van der Waals surface area (Å²) >= 11 is 0. The maximum atomic E-state index is 13.2. The van der Waals surface area contributed by atoms with Gasteiger partial charge in [-0.15, -0.1) is 0 Å². The van der Waals surface area contributed by atoms with Crippen LogP contribution in [0.5, 0.6) is 0 Å². The van der Waals surface area contributed by atoms with E-state index in [0.29, 0.717) is 4.57 Å². The van der Waals surface area contributed by atoms with Gasteiger partial charge in [-0.05, 0) is 12.1 Å². The van der Waals surface area contributed by atoms with E-state index in [-0.39, 0.29) is 11.6 Å². The predicted molar refractivity (Wildman–Crippen MR) is 181 cm³/mol. The van der Waals surface area contributed by atoms with Gasteiger partial charge in [-0.25, -0.2) is 23.5 Å². The number of nitrogen functional groups attached to an aromatic ring is 2. The normalized spacial score (nSPS) is 33.6. The van der Waals surface area contributed by atoms with Crippen LogP contribution in [0.1, 0.15) is 18.7 Å². The number of hydrogen-bond donors (Lipinski definition) is 10. The molecule has 3 fully saturated rings. The fraction of sp³-hybridized carbons (Fsp3) is 0.556. The fourth-order valence-corrected chi connectivity index (χ4v) is 8.04. The number of rotatable bonds is 14. The lowest BCUT2D eigenvalue weighted by molar-refractivity contribution is -0.0643. The summed E-state index contributed by atoms with van der Waals surface area (Å²) in [6.45, 7) is -3.01. The van der Waals surface area contributed by atoms with Gasteiger partial charge in [0, 0.05) is 24.7 Å². The van der Waals surface area contributed by atoms with E-state index in [4.69, 9.17) is 43.8 Å². The van der Waals surface area contributed by atoms with Crippen LogP contribution in [0.2, 0.25) is 0 Å². The van der Waals surface area contributed by atoms with Crippen LogP contribution in [-0.4, -0.2) is 139 Å². The van der Waals surface area contributed by atoms with Gasteiger partial charge in [0.2, 0.25) is 0 Å². The lowest BCUT2D eigenvalue weighted by Crippen LogP contribution is -2.39. The van der Waals surface area contributed by atoms with E-state index in [2.05, 4.69) is 9.97 Å². The SMILES string of the molecule is Nc1ccn([C@@H]2O[C@H](COP(=O)(O)O[C@H]3[C@@H](O)[C@H](n4ccc(N)nc4=O)O[C@@H]3COP(=O)(O)O[C@H]3[C@@H](O)[C@H](n4ccc(=O)[nH]c4=O)O[C@@H]3CO)[C@@H](O)[C@H]2O)c(=O)n1.